The van der Waals surface area contributed by atoms with E-state index in [-0.39, 0.29) is 11.9 Å². The Morgan fingerprint density at radius 2 is 2.05 bits per heavy atom. The number of halogens is 1. The van der Waals surface area contributed by atoms with Gasteiger partial charge in [-0.15, -0.1) is 0 Å². The molecule has 2 nitrogen and oxygen atoms in total. The third kappa shape index (κ3) is 4.44. The van der Waals surface area contributed by atoms with Crippen LogP contribution in [-0.2, 0) is 6.42 Å². The summed E-state index contributed by atoms with van der Waals surface area (Å²) >= 11 is 0. The smallest absolute Gasteiger partial charge is 0.123 e. The van der Waals surface area contributed by atoms with Crippen LogP contribution in [-0.4, -0.2) is 6.04 Å². The SMILES string of the molecule is NNC(Cc1cccc(F)c1)/C1=C/CCCCCC1. The van der Waals surface area contributed by atoms with Crippen molar-refractivity contribution in [2.45, 2.75) is 51.0 Å². The molecule has 3 N–H and O–H groups in total. The van der Waals surface area contributed by atoms with Gasteiger partial charge in [-0.05, 0) is 49.8 Å². The summed E-state index contributed by atoms with van der Waals surface area (Å²) in [4.78, 5) is 0. The molecule has 0 saturated heterocycles. The molecule has 1 aromatic rings. The van der Waals surface area contributed by atoms with E-state index in [1.165, 1.54) is 37.3 Å². The number of hydrogen-bond acceptors (Lipinski definition) is 2. The van der Waals surface area contributed by atoms with Gasteiger partial charge in [0.05, 0.1) is 0 Å². The first-order valence-electron chi connectivity index (χ1n) is 7.19. The highest BCUT2D eigenvalue weighted by Crippen LogP contribution is 2.21. The lowest BCUT2D eigenvalue weighted by atomic mass is 9.91. The van der Waals surface area contributed by atoms with E-state index in [1.807, 2.05) is 6.07 Å². The number of hydrogen-bond donors (Lipinski definition) is 2. The predicted octanol–water partition coefficient (Wildman–Crippen LogP) is 3.48. The molecule has 1 aromatic carbocycles. The maximum atomic E-state index is 13.2. The molecule has 0 spiro atoms. The average molecular weight is 262 g/mol. The molecule has 19 heavy (non-hydrogen) atoms. The maximum Gasteiger partial charge on any atom is 0.123 e. The van der Waals surface area contributed by atoms with Crippen molar-refractivity contribution in [2.75, 3.05) is 0 Å². The fraction of sp³-hybridized carbons (Fsp3) is 0.500. The Morgan fingerprint density at radius 3 is 2.84 bits per heavy atom. The van der Waals surface area contributed by atoms with Crippen LogP contribution in [0.1, 0.15) is 44.1 Å². The molecule has 0 bridgehead atoms. The molecule has 0 aromatic heterocycles. The Kier molecular flexibility index (Phi) is 5.55. The van der Waals surface area contributed by atoms with Crippen LogP contribution in [0.5, 0.6) is 0 Å². The van der Waals surface area contributed by atoms with Gasteiger partial charge < -0.3 is 0 Å². The standard InChI is InChI=1S/C16H23FN2/c17-15-10-6-7-13(11-15)12-16(19-18)14-8-4-2-1-3-5-9-14/h6-8,10-11,16,19H,1-5,9,12,18H2/b14-8+. The molecule has 1 unspecified atom stereocenters. The zero-order valence-corrected chi connectivity index (χ0v) is 11.4. The summed E-state index contributed by atoms with van der Waals surface area (Å²) in [6.07, 6.45) is 10.4. The van der Waals surface area contributed by atoms with Gasteiger partial charge in [0, 0.05) is 6.04 Å². The summed E-state index contributed by atoms with van der Waals surface area (Å²) in [5, 5.41) is 0. The summed E-state index contributed by atoms with van der Waals surface area (Å²) < 4.78 is 13.2. The number of nitrogens with two attached hydrogens (primary N) is 1. The van der Waals surface area contributed by atoms with Crippen molar-refractivity contribution < 1.29 is 4.39 Å². The average Bonchev–Trinajstić information content (AvgIpc) is 2.36. The van der Waals surface area contributed by atoms with Crippen LogP contribution in [0, 0.1) is 5.82 Å². The lowest BCUT2D eigenvalue weighted by molar-refractivity contribution is 0.535. The van der Waals surface area contributed by atoms with Gasteiger partial charge in [-0.25, -0.2) is 4.39 Å². The summed E-state index contributed by atoms with van der Waals surface area (Å²) in [7, 11) is 0. The van der Waals surface area contributed by atoms with Crippen LogP contribution in [0.25, 0.3) is 0 Å². The number of nitrogens with one attached hydrogen (secondary N) is 1. The Labute approximate surface area is 114 Å². The van der Waals surface area contributed by atoms with Crippen LogP contribution >= 0.6 is 0 Å². The molecule has 0 saturated carbocycles. The van der Waals surface area contributed by atoms with E-state index in [2.05, 4.69) is 11.5 Å². The lowest BCUT2D eigenvalue weighted by Crippen LogP contribution is -2.38. The molecule has 1 aliphatic carbocycles. The van der Waals surface area contributed by atoms with E-state index in [4.69, 9.17) is 5.84 Å². The van der Waals surface area contributed by atoms with Crippen LogP contribution in [0.2, 0.25) is 0 Å². The predicted molar refractivity (Wildman–Crippen MR) is 77.0 cm³/mol. The third-order valence-corrected chi connectivity index (χ3v) is 3.80. The third-order valence-electron chi connectivity index (χ3n) is 3.80. The minimum absolute atomic E-state index is 0.125. The van der Waals surface area contributed by atoms with Crippen molar-refractivity contribution in [3.8, 4) is 0 Å². The number of allylic oxidation sites excluding steroid dienone is 1. The van der Waals surface area contributed by atoms with Crippen LogP contribution in [0.4, 0.5) is 4.39 Å². The van der Waals surface area contributed by atoms with Gasteiger partial charge >= 0.3 is 0 Å². The first kappa shape index (κ1) is 14.2. The molecular formula is C16H23FN2. The second-order valence-electron chi connectivity index (χ2n) is 5.29. The van der Waals surface area contributed by atoms with E-state index in [0.29, 0.717) is 0 Å². The number of hydrazine groups is 1. The van der Waals surface area contributed by atoms with Crippen molar-refractivity contribution in [3.05, 3.63) is 47.3 Å². The summed E-state index contributed by atoms with van der Waals surface area (Å²) in [6.45, 7) is 0. The molecular weight excluding hydrogens is 239 g/mol. The molecule has 3 heteroatoms. The van der Waals surface area contributed by atoms with Gasteiger partial charge in [-0.2, -0.15) is 0 Å². The van der Waals surface area contributed by atoms with Crippen LogP contribution < -0.4 is 11.3 Å². The highest BCUT2D eigenvalue weighted by molar-refractivity contribution is 5.22. The number of rotatable bonds is 4. The van der Waals surface area contributed by atoms with Crippen LogP contribution in [0.15, 0.2) is 35.9 Å². The fourth-order valence-corrected chi connectivity index (χ4v) is 2.73. The monoisotopic (exact) mass is 262 g/mol. The highest BCUT2D eigenvalue weighted by Gasteiger charge is 2.14. The molecule has 1 aliphatic rings. The topological polar surface area (TPSA) is 38.0 Å². The van der Waals surface area contributed by atoms with Crippen molar-refractivity contribution in [2.24, 2.45) is 5.84 Å². The summed E-state index contributed by atoms with van der Waals surface area (Å²) in [6, 6.07) is 6.90. The second-order valence-corrected chi connectivity index (χ2v) is 5.29. The van der Waals surface area contributed by atoms with E-state index >= 15 is 0 Å². The quantitative estimate of drug-likeness (QED) is 0.495. The molecule has 0 aliphatic heterocycles. The van der Waals surface area contributed by atoms with E-state index in [1.54, 1.807) is 12.1 Å². The van der Waals surface area contributed by atoms with E-state index in [9.17, 15) is 4.39 Å². The van der Waals surface area contributed by atoms with Crippen molar-refractivity contribution >= 4 is 0 Å². The Hall–Kier alpha value is -1.19. The minimum atomic E-state index is -0.181. The molecule has 0 amide bonds. The van der Waals surface area contributed by atoms with E-state index < -0.39 is 0 Å². The molecule has 0 radical (unpaired) electrons. The van der Waals surface area contributed by atoms with Crippen molar-refractivity contribution in [1.82, 2.24) is 5.43 Å². The first-order chi connectivity index (χ1) is 9.29. The van der Waals surface area contributed by atoms with Gasteiger partial charge in [0.1, 0.15) is 5.82 Å². The maximum absolute atomic E-state index is 13.2. The lowest BCUT2D eigenvalue weighted by Gasteiger charge is -2.21. The van der Waals surface area contributed by atoms with Crippen molar-refractivity contribution in [1.29, 1.82) is 0 Å². The molecule has 104 valence electrons. The second kappa shape index (κ2) is 7.41. The van der Waals surface area contributed by atoms with Gasteiger partial charge in [0.15, 0.2) is 0 Å². The Bertz CT molecular complexity index is 429. The van der Waals surface area contributed by atoms with Gasteiger partial charge in [0.2, 0.25) is 0 Å². The largest absolute Gasteiger partial charge is 0.271 e. The zero-order valence-electron chi connectivity index (χ0n) is 11.4. The normalized spacial score (nSPS) is 21.1. The molecule has 0 heterocycles. The van der Waals surface area contributed by atoms with Gasteiger partial charge in [-0.1, -0.05) is 36.6 Å². The Balaban J connectivity index is 2.06. The van der Waals surface area contributed by atoms with Crippen LogP contribution in [0.3, 0.4) is 0 Å². The van der Waals surface area contributed by atoms with E-state index in [0.717, 1.165) is 24.8 Å². The minimum Gasteiger partial charge on any atom is -0.271 e. The summed E-state index contributed by atoms with van der Waals surface area (Å²) in [5.41, 5.74) is 5.27. The van der Waals surface area contributed by atoms with Gasteiger partial charge in [0.25, 0.3) is 0 Å². The fourth-order valence-electron chi connectivity index (χ4n) is 2.73. The molecule has 0 fully saturated rings. The first-order valence-corrected chi connectivity index (χ1v) is 7.19. The zero-order chi connectivity index (χ0) is 13.5. The Morgan fingerprint density at radius 1 is 1.21 bits per heavy atom. The number of benzene rings is 1. The summed E-state index contributed by atoms with van der Waals surface area (Å²) in [5.74, 6) is 5.51. The van der Waals surface area contributed by atoms with Crippen molar-refractivity contribution in [3.63, 3.8) is 0 Å². The molecule has 1 atom stereocenters. The highest BCUT2D eigenvalue weighted by atomic mass is 19.1. The van der Waals surface area contributed by atoms with Gasteiger partial charge in [-0.3, -0.25) is 11.3 Å². The molecule has 2 rings (SSSR count).